The molecule has 0 fully saturated rings. The van der Waals surface area contributed by atoms with E-state index in [1.807, 2.05) is 0 Å². The zero-order valence-corrected chi connectivity index (χ0v) is 10.8. The summed E-state index contributed by atoms with van der Waals surface area (Å²) in [6.07, 6.45) is 0. The Kier molecular flexibility index (Phi) is 15.8. The van der Waals surface area contributed by atoms with E-state index in [2.05, 4.69) is 10.4 Å². The molecule has 0 aromatic rings. The van der Waals surface area contributed by atoms with Crippen molar-refractivity contribution in [3.63, 3.8) is 0 Å². The SMILES string of the molecule is C/C(N=O)=C(\C)NO.C/C(N=O)=C(\C)NO.[Cu]. The fourth-order valence-corrected chi connectivity index (χ4v) is 0.299. The van der Waals surface area contributed by atoms with Gasteiger partial charge in [0.05, 0.1) is 11.4 Å². The minimum Gasteiger partial charge on any atom is -0.291 e. The van der Waals surface area contributed by atoms with Crippen LogP contribution in [0.15, 0.2) is 33.1 Å². The van der Waals surface area contributed by atoms with E-state index in [1.165, 1.54) is 13.8 Å². The molecule has 0 saturated heterocycles. The van der Waals surface area contributed by atoms with Gasteiger partial charge >= 0.3 is 0 Å². The van der Waals surface area contributed by atoms with Gasteiger partial charge in [0.2, 0.25) is 0 Å². The van der Waals surface area contributed by atoms with Gasteiger partial charge in [0.1, 0.15) is 11.4 Å². The number of allylic oxidation sites excluding steroid dienone is 4. The van der Waals surface area contributed by atoms with Gasteiger partial charge in [-0.05, 0) is 38.0 Å². The van der Waals surface area contributed by atoms with Gasteiger partial charge in [-0.15, -0.1) is 9.81 Å². The summed E-state index contributed by atoms with van der Waals surface area (Å²) < 4.78 is 0. The molecule has 1 radical (unpaired) electrons. The predicted octanol–water partition coefficient (Wildman–Crippen LogP) is 1.96. The first kappa shape index (κ1) is 21.1. The summed E-state index contributed by atoms with van der Waals surface area (Å²) in [6.45, 7) is 6.12. The maximum Gasteiger partial charge on any atom is 0.103 e. The van der Waals surface area contributed by atoms with Gasteiger partial charge in [0.25, 0.3) is 0 Å². The van der Waals surface area contributed by atoms with Crippen molar-refractivity contribution in [1.82, 2.24) is 11.0 Å². The largest absolute Gasteiger partial charge is 0.291 e. The Morgan fingerprint density at radius 2 is 1.06 bits per heavy atom. The first-order valence-corrected chi connectivity index (χ1v) is 4.26. The van der Waals surface area contributed by atoms with Gasteiger partial charge in [0, 0.05) is 17.1 Å². The van der Waals surface area contributed by atoms with Gasteiger partial charge in [-0.1, -0.05) is 0 Å². The van der Waals surface area contributed by atoms with Crippen molar-refractivity contribution in [2.45, 2.75) is 27.7 Å². The van der Waals surface area contributed by atoms with Crippen LogP contribution in [0.5, 0.6) is 0 Å². The van der Waals surface area contributed by atoms with E-state index in [4.69, 9.17) is 10.4 Å². The molecule has 0 aromatic carbocycles. The molecule has 8 nitrogen and oxygen atoms in total. The third kappa shape index (κ3) is 11.0. The summed E-state index contributed by atoms with van der Waals surface area (Å²) in [5.41, 5.74) is 4.87. The molecule has 103 valence electrons. The molecule has 4 N–H and O–H groups in total. The summed E-state index contributed by atoms with van der Waals surface area (Å²) >= 11 is 0. The molecule has 0 heterocycles. The van der Waals surface area contributed by atoms with Crippen molar-refractivity contribution in [1.29, 1.82) is 0 Å². The third-order valence-electron chi connectivity index (χ3n) is 1.69. The average Bonchev–Trinajstić information content (AvgIpc) is 2.35. The molecule has 0 spiro atoms. The molecule has 0 rings (SSSR count). The van der Waals surface area contributed by atoms with E-state index in [0.29, 0.717) is 11.4 Å². The molecule has 0 aliphatic heterocycles. The van der Waals surface area contributed by atoms with Crippen molar-refractivity contribution < 1.29 is 27.5 Å². The predicted molar refractivity (Wildman–Crippen MR) is 58.2 cm³/mol. The van der Waals surface area contributed by atoms with Crippen molar-refractivity contribution in [2.75, 3.05) is 0 Å². The molecule has 0 saturated carbocycles. The summed E-state index contributed by atoms with van der Waals surface area (Å²) in [5.74, 6) is 0. The number of rotatable bonds is 4. The topological polar surface area (TPSA) is 123 Å². The normalized spacial score (nSPS) is 11.6. The molecule has 9 heteroatoms. The summed E-state index contributed by atoms with van der Waals surface area (Å²) in [6, 6.07) is 0. The molecule has 0 aromatic heterocycles. The Bertz CT molecular complexity index is 274. The van der Waals surface area contributed by atoms with Crippen LogP contribution in [0.25, 0.3) is 0 Å². The van der Waals surface area contributed by atoms with Gasteiger partial charge in [-0.3, -0.25) is 21.4 Å². The van der Waals surface area contributed by atoms with Gasteiger partial charge in [-0.2, -0.15) is 0 Å². The molecular weight excluding hydrogens is 280 g/mol. The van der Waals surface area contributed by atoms with Crippen LogP contribution in [0.4, 0.5) is 0 Å². The van der Waals surface area contributed by atoms with E-state index in [1.54, 1.807) is 24.8 Å². The second kappa shape index (κ2) is 12.8. The molecule has 0 unspecified atom stereocenters. The smallest absolute Gasteiger partial charge is 0.103 e. The van der Waals surface area contributed by atoms with E-state index < -0.39 is 0 Å². The van der Waals surface area contributed by atoms with E-state index in [0.717, 1.165) is 0 Å². The van der Waals surface area contributed by atoms with Crippen LogP contribution in [-0.4, -0.2) is 10.4 Å². The molecule has 0 bridgehead atoms. The molecule has 0 aliphatic rings. The number of nitrogens with one attached hydrogen (secondary N) is 2. The molecule has 17 heavy (non-hydrogen) atoms. The van der Waals surface area contributed by atoms with Crippen molar-refractivity contribution in [2.24, 2.45) is 10.4 Å². The Balaban J connectivity index is -0.000000218. The molecular formula is C8H16CuN4O4. The van der Waals surface area contributed by atoms with E-state index >= 15 is 0 Å². The second-order valence-corrected chi connectivity index (χ2v) is 2.83. The third-order valence-corrected chi connectivity index (χ3v) is 1.69. The molecule has 0 amide bonds. The van der Waals surface area contributed by atoms with Crippen LogP contribution in [-0.2, 0) is 17.1 Å². The minimum absolute atomic E-state index is 0. The van der Waals surface area contributed by atoms with Crippen LogP contribution < -0.4 is 11.0 Å². The number of hydrogen-bond acceptors (Lipinski definition) is 8. The van der Waals surface area contributed by atoms with Crippen LogP contribution in [0.3, 0.4) is 0 Å². The van der Waals surface area contributed by atoms with Crippen LogP contribution in [0.1, 0.15) is 27.7 Å². The fraction of sp³-hybridized carbons (Fsp3) is 0.500. The Morgan fingerprint density at radius 3 is 1.12 bits per heavy atom. The standard InChI is InChI=1S/2C4H8N2O2.Cu/c2*1-3(5-7)4(2)6-8;/h2*5,7H,1-2H3;/b2*4-3-;. The summed E-state index contributed by atoms with van der Waals surface area (Å²) in [7, 11) is 0. The van der Waals surface area contributed by atoms with Crippen molar-refractivity contribution in [3.8, 4) is 0 Å². The quantitative estimate of drug-likeness (QED) is 0.357. The zero-order valence-electron chi connectivity index (χ0n) is 9.91. The van der Waals surface area contributed by atoms with Crippen LogP contribution >= 0.6 is 0 Å². The summed E-state index contributed by atoms with van der Waals surface area (Å²) in [4.78, 5) is 19.3. The van der Waals surface area contributed by atoms with Crippen LogP contribution in [0, 0.1) is 9.81 Å². The molecule has 0 aliphatic carbocycles. The maximum atomic E-state index is 9.65. The number of hydrogen-bond donors (Lipinski definition) is 4. The monoisotopic (exact) mass is 295 g/mol. The summed E-state index contributed by atoms with van der Waals surface area (Å²) in [5, 5.41) is 21.4. The fourth-order valence-electron chi connectivity index (χ4n) is 0.299. The number of hydroxylamine groups is 2. The van der Waals surface area contributed by atoms with Crippen LogP contribution in [0.2, 0.25) is 0 Å². The Labute approximate surface area is 110 Å². The Hall–Kier alpha value is -1.28. The zero-order chi connectivity index (χ0) is 13.1. The van der Waals surface area contributed by atoms with Crippen molar-refractivity contribution >= 4 is 0 Å². The second-order valence-electron chi connectivity index (χ2n) is 2.83. The van der Waals surface area contributed by atoms with E-state index in [9.17, 15) is 9.81 Å². The average molecular weight is 296 g/mol. The number of nitrogens with zero attached hydrogens (tertiary/aromatic N) is 2. The maximum absolute atomic E-state index is 9.65. The van der Waals surface area contributed by atoms with Gasteiger partial charge < -0.3 is 0 Å². The van der Waals surface area contributed by atoms with Gasteiger partial charge in [-0.25, -0.2) is 0 Å². The van der Waals surface area contributed by atoms with Gasteiger partial charge in [0.15, 0.2) is 0 Å². The Morgan fingerprint density at radius 1 is 0.824 bits per heavy atom. The van der Waals surface area contributed by atoms with Crippen molar-refractivity contribution in [3.05, 3.63) is 32.6 Å². The number of nitroso groups, excluding NO2 is 2. The van der Waals surface area contributed by atoms with E-state index in [-0.39, 0.29) is 28.5 Å². The molecule has 0 atom stereocenters. The first-order chi connectivity index (χ1) is 7.44. The minimum atomic E-state index is 0. The first-order valence-electron chi connectivity index (χ1n) is 4.26.